The first-order valence-corrected chi connectivity index (χ1v) is 5.68. The van der Waals surface area contributed by atoms with E-state index in [0.29, 0.717) is 0 Å². The molecule has 1 unspecified atom stereocenters. The van der Waals surface area contributed by atoms with E-state index in [0.717, 1.165) is 12.0 Å². The molecule has 0 spiro atoms. The van der Waals surface area contributed by atoms with Crippen molar-refractivity contribution in [3.63, 3.8) is 0 Å². The van der Waals surface area contributed by atoms with E-state index in [1.165, 1.54) is 22.3 Å². The highest BCUT2D eigenvalue weighted by atomic mass is 16.1. The van der Waals surface area contributed by atoms with Gasteiger partial charge in [-0.05, 0) is 48.6 Å². The van der Waals surface area contributed by atoms with Crippen molar-refractivity contribution in [1.82, 2.24) is 0 Å². The molecule has 2 aliphatic carbocycles. The minimum Gasteiger partial charge on any atom is -0.294 e. The van der Waals surface area contributed by atoms with Crippen molar-refractivity contribution in [3.8, 4) is 0 Å². The van der Waals surface area contributed by atoms with E-state index in [1.54, 1.807) is 6.08 Å². The molecule has 1 aromatic rings. The first kappa shape index (κ1) is 9.59. The highest BCUT2D eigenvalue weighted by Gasteiger charge is 2.29. The van der Waals surface area contributed by atoms with Crippen molar-refractivity contribution in [1.29, 1.82) is 0 Å². The van der Waals surface area contributed by atoms with E-state index in [2.05, 4.69) is 31.2 Å². The molecule has 0 saturated carbocycles. The van der Waals surface area contributed by atoms with Crippen LogP contribution in [0.25, 0.3) is 5.57 Å². The van der Waals surface area contributed by atoms with Gasteiger partial charge in [-0.15, -0.1) is 0 Å². The van der Waals surface area contributed by atoms with Crippen molar-refractivity contribution in [3.05, 3.63) is 52.6 Å². The van der Waals surface area contributed by atoms with Gasteiger partial charge in [0, 0.05) is 0 Å². The first-order valence-electron chi connectivity index (χ1n) is 5.68. The SMILES string of the molecule is CC1=CC2C(=O)C=C(C)c3cccc(c32)C1. The highest BCUT2D eigenvalue weighted by Crippen LogP contribution is 2.39. The van der Waals surface area contributed by atoms with Crippen molar-refractivity contribution in [2.75, 3.05) is 0 Å². The lowest BCUT2D eigenvalue weighted by atomic mass is 9.75. The number of ketones is 1. The van der Waals surface area contributed by atoms with E-state index in [-0.39, 0.29) is 11.7 Å². The fourth-order valence-corrected chi connectivity index (χ4v) is 2.81. The van der Waals surface area contributed by atoms with Gasteiger partial charge in [-0.3, -0.25) is 4.79 Å². The van der Waals surface area contributed by atoms with Gasteiger partial charge in [0.2, 0.25) is 0 Å². The van der Waals surface area contributed by atoms with Crippen LogP contribution in [0.5, 0.6) is 0 Å². The van der Waals surface area contributed by atoms with Gasteiger partial charge in [0.05, 0.1) is 5.92 Å². The van der Waals surface area contributed by atoms with Crippen molar-refractivity contribution in [2.24, 2.45) is 0 Å². The molecule has 3 rings (SSSR count). The average molecular weight is 210 g/mol. The molecular weight excluding hydrogens is 196 g/mol. The lowest BCUT2D eigenvalue weighted by Crippen LogP contribution is -2.20. The second kappa shape index (κ2) is 3.18. The van der Waals surface area contributed by atoms with Gasteiger partial charge in [-0.2, -0.15) is 0 Å². The third-order valence-electron chi connectivity index (χ3n) is 3.52. The molecule has 0 heterocycles. The number of benzene rings is 1. The molecule has 1 aromatic carbocycles. The summed E-state index contributed by atoms with van der Waals surface area (Å²) in [6.07, 6.45) is 4.89. The van der Waals surface area contributed by atoms with Crippen LogP contribution >= 0.6 is 0 Å². The number of rotatable bonds is 0. The van der Waals surface area contributed by atoms with E-state index in [1.807, 2.05) is 6.92 Å². The normalized spacial score (nSPS) is 22.4. The molecule has 1 heteroatoms. The van der Waals surface area contributed by atoms with Crippen LogP contribution in [-0.2, 0) is 11.2 Å². The number of allylic oxidation sites excluding steroid dienone is 4. The van der Waals surface area contributed by atoms with E-state index in [4.69, 9.17) is 0 Å². The lowest BCUT2D eigenvalue weighted by Gasteiger charge is -2.28. The predicted octanol–water partition coefficient (Wildman–Crippen LogP) is 3.26. The standard InChI is InChI=1S/C15H14O/c1-9-6-11-4-3-5-12-10(2)8-14(16)13(7-9)15(11)12/h3-5,7-8,13H,6H2,1-2H3. The van der Waals surface area contributed by atoms with Crippen LogP contribution in [0.1, 0.15) is 36.5 Å². The summed E-state index contributed by atoms with van der Waals surface area (Å²) in [6, 6.07) is 6.36. The molecule has 0 aromatic heterocycles. The Morgan fingerprint density at radius 2 is 2.06 bits per heavy atom. The summed E-state index contributed by atoms with van der Waals surface area (Å²) in [5.41, 5.74) is 6.23. The quantitative estimate of drug-likeness (QED) is 0.601. The van der Waals surface area contributed by atoms with Crippen molar-refractivity contribution in [2.45, 2.75) is 26.2 Å². The summed E-state index contributed by atoms with van der Waals surface area (Å²) < 4.78 is 0. The summed E-state index contributed by atoms with van der Waals surface area (Å²) in [5, 5.41) is 0. The average Bonchev–Trinajstić information content (AvgIpc) is 2.25. The third kappa shape index (κ3) is 1.21. The monoisotopic (exact) mass is 210 g/mol. The highest BCUT2D eigenvalue weighted by molar-refractivity contribution is 6.06. The fraction of sp³-hybridized carbons (Fsp3) is 0.267. The smallest absolute Gasteiger partial charge is 0.167 e. The number of hydrogen-bond acceptors (Lipinski definition) is 1. The first-order chi connectivity index (χ1) is 7.66. The van der Waals surface area contributed by atoms with Gasteiger partial charge in [0.15, 0.2) is 5.78 Å². The molecule has 0 N–H and O–H groups in total. The lowest BCUT2D eigenvalue weighted by molar-refractivity contribution is -0.115. The molecule has 16 heavy (non-hydrogen) atoms. The Hall–Kier alpha value is -1.63. The second-order valence-electron chi connectivity index (χ2n) is 4.78. The minimum atomic E-state index is -0.0244. The van der Waals surface area contributed by atoms with Crippen LogP contribution in [-0.4, -0.2) is 5.78 Å². The molecule has 2 aliphatic rings. The van der Waals surface area contributed by atoms with Gasteiger partial charge < -0.3 is 0 Å². The van der Waals surface area contributed by atoms with E-state index >= 15 is 0 Å². The summed E-state index contributed by atoms with van der Waals surface area (Å²) >= 11 is 0. The zero-order valence-electron chi connectivity index (χ0n) is 9.58. The summed E-state index contributed by atoms with van der Waals surface area (Å²) in [6.45, 7) is 4.13. The Balaban J connectivity index is 2.32. The Morgan fingerprint density at radius 1 is 1.25 bits per heavy atom. The van der Waals surface area contributed by atoms with Gasteiger partial charge in [-0.25, -0.2) is 0 Å². The maximum Gasteiger partial charge on any atom is 0.167 e. The molecule has 0 radical (unpaired) electrons. The van der Waals surface area contributed by atoms with Gasteiger partial charge >= 0.3 is 0 Å². The summed E-state index contributed by atoms with van der Waals surface area (Å²) in [5.74, 6) is 0.208. The summed E-state index contributed by atoms with van der Waals surface area (Å²) in [7, 11) is 0. The number of hydrogen-bond donors (Lipinski definition) is 0. The molecule has 80 valence electrons. The fourth-order valence-electron chi connectivity index (χ4n) is 2.81. The molecule has 0 bridgehead atoms. The second-order valence-corrected chi connectivity index (χ2v) is 4.78. The maximum atomic E-state index is 12.0. The van der Waals surface area contributed by atoms with Crippen LogP contribution < -0.4 is 0 Å². The zero-order chi connectivity index (χ0) is 11.3. The number of carbonyl (C=O) groups is 1. The molecule has 0 aliphatic heterocycles. The van der Waals surface area contributed by atoms with Crippen LogP contribution in [0.15, 0.2) is 35.9 Å². The van der Waals surface area contributed by atoms with Gasteiger partial charge in [0.1, 0.15) is 0 Å². The van der Waals surface area contributed by atoms with Crippen LogP contribution in [0.3, 0.4) is 0 Å². The Kier molecular flexibility index (Phi) is 1.90. The van der Waals surface area contributed by atoms with Crippen molar-refractivity contribution >= 4 is 11.4 Å². The van der Waals surface area contributed by atoms with Crippen LogP contribution in [0.4, 0.5) is 0 Å². The molecule has 0 amide bonds. The van der Waals surface area contributed by atoms with Gasteiger partial charge in [-0.1, -0.05) is 29.8 Å². The minimum absolute atomic E-state index is 0.0244. The summed E-state index contributed by atoms with van der Waals surface area (Å²) in [4.78, 5) is 12.0. The largest absolute Gasteiger partial charge is 0.294 e. The Labute approximate surface area is 95.5 Å². The molecule has 0 saturated heterocycles. The molecule has 0 fully saturated rings. The third-order valence-corrected chi connectivity index (χ3v) is 3.52. The molecule has 1 nitrogen and oxygen atoms in total. The van der Waals surface area contributed by atoms with Crippen LogP contribution in [0.2, 0.25) is 0 Å². The zero-order valence-corrected chi connectivity index (χ0v) is 9.58. The topological polar surface area (TPSA) is 17.1 Å². The van der Waals surface area contributed by atoms with E-state index in [9.17, 15) is 4.79 Å². The van der Waals surface area contributed by atoms with Gasteiger partial charge in [0.25, 0.3) is 0 Å². The van der Waals surface area contributed by atoms with Crippen molar-refractivity contribution < 1.29 is 4.79 Å². The molecular formula is C15H14O. The maximum absolute atomic E-state index is 12.0. The predicted molar refractivity (Wildman–Crippen MR) is 65.3 cm³/mol. The Bertz CT molecular complexity index is 547. The van der Waals surface area contributed by atoms with E-state index < -0.39 is 0 Å². The molecule has 1 atom stereocenters. The number of carbonyl (C=O) groups excluding carboxylic acids is 1. The van der Waals surface area contributed by atoms with Crippen LogP contribution in [0, 0.1) is 0 Å². The Morgan fingerprint density at radius 3 is 2.88 bits per heavy atom.